The van der Waals surface area contributed by atoms with Crippen molar-refractivity contribution in [1.82, 2.24) is 14.5 Å². The van der Waals surface area contributed by atoms with E-state index in [1.54, 1.807) is 24.3 Å². The summed E-state index contributed by atoms with van der Waals surface area (Å²) in [6.45, 7) is 4.02. The van der Waals surface area contributed by atoms with E-state index in [4.69, 9.17) is 0 Å². The van der Waals surface area contributed by atoms with Crippen molar-refractivity contribution >= 4 is 16.8 Å². The molecular weight excluding hydrogens is 294 g/mol. The van der Waals surface area contributed by atoms with Crippen molar-refractivity contribution in [2.24, 2.45) is 5.92 Å². The van der Waals surface area contributed by atoms with Gasteiger partial charge < -0.3 is 4.90 Å². The monoisotopic (exact) mass is 315 g/mol. The molecule has 3 rings (SSSR count). The zero-order chi connectivity index (χ0) is 16.4. The van der Waals surface area contributed by atoms with Crippen molar-refractivity contribution in [3.05, 3.63) is 45.1 Å². The third-order valence-corrected chi connectivity index (χ3v) is 4.46. The molecule has 1 aliphatic heterocycles. The highest BCUT2D eigenvalue weighted by atomic mass is 16.2. The molecule has 1 fully saturated rings. The molecule has 1 unspecified atom stereocenters. The first-order valence-electron chi connectivity index (χ1n) is 8.06. The van der Waals surface area contributed by atoms with Crippen LogP contribution in [-0.4, -0.2) is 33.4 Å². The Morgan fingerprint density at radius 3 is 2.87 bits per heavy atom. The number of carbonyl (C=O) groups excluding carboxylic acids is 1. The molecule has 1 amide bonds. The number of hydrogen-bond donors (Lipinski definition) is 1. The number of piperidine rings is 1. The van der Waals surface area contributed by atoms with Crippen molar-refractivity contribution < 1.29 is 4.79 Å². The number of aromatic nitrogens is 2. The van der Waals surface area contributed by atoms with Gasteiger partial charge in [-0.1, -0.05) is 19.1 Å². The quantitative estimate of drug-likeness (QED) is 0.928. The Labute approximate surface area is 133 Å². The standard InChI is InChI=1S/C17H21N3O3/c1-12-5-4-9-19(11-12)15(21)8-10-20-14-7-3-2-6-13(14)16(22)18-17(20)23/h2-3,6-7,12H,4-5,8-11H2,1H3,(H,18,22,23). The zero-order valence-corrected chi connectivity index (χ0v) is 13.2. The van der Waals surface area contributed by atoms with Crippen LogP contribution in [0.25, 0.3) is 10.9 Å². The molecule has 0 aliphatic carbocycles. The fourth-order valence-corrected chi connectivity index (χ4v) is 3.25. The van der Waals surface area contributed by atoms with E-state index in [1.165, 1.54) is 4.57 Å². The summed E-state index contributed by atoms with van der Waals surface area (Å²) in [4.78, 5) is 40.5. The molecule has 1 aliphatic rings. The van der Waals surface area contributed by atoms with E-state index in [-0.39, 0.29) is 18.9 Å². The summed E-state index contributed by atoms with van der Waals surface area (Å²) >= 11 is 0. The maximum Gasteiger partial charge on any atom is 0.328 e. The third kappa shape index (κ3) is 3.21. The number of nitrogens with zero attached hydrogens (tertiary/aromatic N) is 2. The molecular formula is C17H21N3O3. The normalized spacial score (nSPS) is 18.3. The lowest BCUT2D eigenvalue weighted by molar-refractivity contribution is -0.133. The van der Waals surface area contributed by atoms with Gasteiger partial charge in [-0.3, -0.25) is 19.1 Å². The van der Waals surface area contributed by atoms with Crippen LogP contribution in [0.1, 0.15) is 26.2 Å². The van der Waals surface area contributed by atoms with Gasteiger partial charge in [0.05, 0.1) is 10.9 Å². The lowest BCUT2D eigenvalue weighted by atomic mass is 10.00. The number of para-hydroxylation sites is 1. The lowest BCUT2D eigenvalue weighted by Crippen LogP contribution is -2.40. The van der Waals surface area contributed by atoms with Crippen molar-refractivity contribution in [3.8, 4) is 0 Å². The SMILES string of the molecule is CC1CCCN(C(=O)CCn2c(=O)[nH]c(=O)c3ccccc32)C1. The second-order valence-electron chi connectivity index (χ2n) is 6.27. The largest absolute Gasteiger partial charge is 0.342 e. The van der Waals surface area contributed by atoms with Crippen LogP contribution in [0, 0.1) is 5.92 Å². The van der Waals surface area contributed by atoms with E-state index in [2.05, 4.69) is 11.9 Å². The number of rotatable bonds is 3. The summed E-state index contributed by atoms with van der Waals surface area (Å²) in [5.74, 6) is 0.600. The number of carbonyl (C=O) groups is 1. The molecule has 1 N–H and O–H groups in total. The molecule has 0 radical (unpaired) electrons. The molecule has 0 saturated carbocycles. The number of fused-ring (bicyclic) bond motifs is 1. The summed E-state index contributed by atoms with van der Waals surface area (Å²) in [5, 5.41) is 0.464. The van der Waals surface area contributed by atoms with Gasteiger partial charge in [0, 0.05) is 26.1 Å². The Bertz CT molecular complexity index is 837. The van der Waals surface area contributed by atoms with E-state index in [9.17, 15) is 14.4 Å². The molecule has 122 valence electrons. The number of amides is 1. The molecule has 0 bridgehead atoms. The second kappa shape index (κ2) is 6.40. The number of hydrogen-bond acceptors (Lipinski definition) is 3. The van der Waals surface area contributed by atoms with Gasteiger partial charge in [-0.05, 0) is 30.9 Å². The highest BCUT2D eigenvalue weighted by Crippen LogP contribution is 2.16. The molecule has 6 heteroatoms. The second-order valence-corrected chi connectivity index (χ2v) is 6.27. The molecule has 2 heterocycles. The minimum atomic E-state index is -0.464. The molecule has 1 aromatic carbocycles. The number of aryl methyl sites for hydroxylation is 1. The van der Waals surface area contributed by atoms with E-state index in [0.717, 1.165) is 25.9 Å². The molecule has 1 saturated heterocycles. The molecule has 2 aromatic rings. The average molecular weight is 315 g/mol. The first-order chi connectivity index (χ1) is 11.1. The Hall–Kier alpha value is -2.37. The summed E-state index contributed by atoms with van der Waals surface area (Å²) in [5.41, 5.74) is -0.285. The predicted octanol–water partition coefficient (Wildman–Crippen LogP) is 1.34. The predicted molar refractivity (Wildman–Crippen MR) is 88.4 cm³/mol. The summed E-state index contributed by atoms with van der Waals surface area (Å²) < 4.78 is 1.47. The van der Waals surface area contributed by atoms with E-state index in [1.807, 2.05) is 4.90 Å². The molecule has 23 heavy (non-hydrogen) atoms. The van der Waals surface area contributed by atoms with Gasteiger partial charge in [0.25, 0.3) is 5.56 Å². The van der Waals surface area contributed by atoms with Crippen molar-refractivity contribution in [1.29, 1.82) is 0 Å². The van der Waals surface area contributed by atoms with Crippen LogP contribution in [0.15, 0.2) is 33.9 Å². The first kappa shape index (κ1) is 15.5. The minimum absolute atomic E-state index is 0.0683. The highest BCUT2D eigenvalue weighted by Gasteiger charge is 2.21. The van der Waals surface area contributed by atoms with Gasteiger partial charge in [-0.2, -0.15) is 0 Å². The maximum atomic E-state index is 12.4. The van der Waals surface area contributed by atoms with E-state index >= 15 is 0 Å². The van der Waals surface area contributed by atoms with Crippen LogP contribution >= 0.6 is 0 Å². The van der Waals surface area contributed by atoms with Crippen molar-refractivity contribution in [2.45, 2.75) is 32.7 Å². The third-order valence-electron chi connectivity index (χ3n) is 4.46. The molecule has 0 spiro atoms. The number of likely N-dealkylation sites (tertiary alicyclic amines) is 1. The maximum absolute atomic E-state index is 12.4. The Kier molecular flexibility index (Phi) is 4.32. The fourth-order valence-electron chi connectivity index (χ4n) is 3.25. The van der Waals surface area contributed by atoms with E-state index in [0.29, 0.717) is 16.8 Å². The molecule has 1 aromatic heterocycles. The van der Waals surface area contributed by atoms with Gasteiger partial charge in [-0.25, -0.2) is 4.79 Å². The van der Waals surface area contributed by atoms with Crippen molar-refractivity contribution in [3.63, 3.8) is 0 Å². The van der Waals surface area contributed by atoms with Crippen LogP contribution in [0.5, 0.6) is 0 Å². The van der Waals surface area contributed by atoms with Crippen molar-refractivity contribution in [2.75, 3.05) is 13.1 Å². The molecule has 1 atom stereocenters. The zero-order valence-electron chi connectivity index (χ0n) is 13.2. The fraction of sp³-hybridized carbons (Fsp3) is 0.471. The highest BCUT2D eigenvalue weighted by molar-refractivity contribution is 5.79. The van der Waals surface area contributed by atoms with Gasteiger partial charge >= 0.3 is 5.69 Å². The Morgan fingerprint density at radius 1 is 1.30 bits per heavy atom. The average Bonchev–Trinajstić information content (AvgIpc) is 2.54. The van der Waals surface area contributed by atoms with Crippen LogP contribution in [0.4, 0.5) is 0 Å². The Balaban J connectivity index is 1.81. The van der Waals surface area contributed by atoms with E-state index < -0.39 is 11.2 Å². The number of nitrogens with one attached hydrogen (secondary N) is 1. The van der Waals surface area contributed by atoms with Gasteiger partial charge in [0.15, 0.2) is 0 Å². The summed E-state index contributed by atoms with van der Waals surface area (Å²) in [6, 6.07) is 6.95. The van der Waals surface area contributed by atoms with Gasteiger partial charge in [0.2, 0.25) is 5.91 Å². The first-order valence-corrected chi connectivity index (χ1v) is 8.06. The van der Waals surface area contributed by atoms with Crippen LogP contribution in [0.2, 0.25) is 0 Å². The number of H-pyrrole nitrogens is 1. The topological polar surface area (TPSA) is 75.2 Å². The van der Waals surface area contributed by atoms with Crippen LogP contribution in [-0.2, 0) is 11.3 Å². The smallest absolute Gasteiger partial charge is 0.328 e. The van der Waals surface area contributed by atoms with Crippen LogP contribution in [0.3, 0.4) is 0 Å². The Morgan fingerprint density at radius 2 is 2.09 bits per heavy atom. The minimum Gasteiger partial charge on any atom is -0.342 e. The number of aromatic amines is 1. The van der Waals surface area contributed by atoms with Gasteiger partial charge in [-0.15, -0.1) is 0 Å². The summed E-state index contributed by atoms with van der Waals surface area (Å²) in [7, 11) is 0. The van der Waals surface area contributed by atoms with Crippen LogP contribution < -0.4 is 11.2 Å². The lowest BCUT2D eigenvalue weighted by Gasteiger charge is -2.31. The summed E-state index contributed by atoms with van der Waals surface area (Å²) in [6.07, 6.45) is 2.46. The van der Waals surface area contributed by atoms with Gasteiger partial charge in [0.1, 0.15) is 0 Å². The number of benzene rings is 1. The molecule has 6 nitrogen and oxygen atoms in total.